The normalized spacial score (nSPS) is 19.2. The summed E-state index contributed by atoms with van der Waals surface area (Å²) in [5.74, 6) is 1.26. The van der Waals surface area contributed by atoms with Gasteiger partial charge in [-0.25, -0.2) is 0 Å². The molecule has 1 fully saturated rings. The van der Waals surface area contributed by atoms with Crippen LogP contribution in [0.5, 0.6) is 11.5 Å². The Labute approximate surface area is 114 Å². The van der Waals surface area contributed by atoms with E-state index in [0.29, 0.717) is 17.1 Å². The summed E-state index contributed by atoms with van der Waals surface area (Å²) in [6, 6.07) is 5.33. The van der Waals surface area contributed by atoms with Crippen LogP contribution in [-0.2, 0) is 0 Å². The minimum atomic E-state index is -0.723. The van der Waals surface area contributed by atoms with Crippen molar-refractivity contribution >= 4 is 0 Å². The molecule has 4 nitrogen and oxygen atoms in total. The first kappa shape index (κ1) is 14.2. The van der Waals surface area contributed by atoms with E-state index in [4.69, 9.17) is 9.47 Å². The van der Waals surface area contributed by atoms with Crippen LogP contribution in [0, 0.1) is 0 Å². The minimum Gasteiger partial charge on any atom is -0.497 e. The van der Waals surface area contributed by atoms with E-state index >= 15 is 0 Å². The summed E-state index contributed by atoms with van der Waals surface area (Å²) in [5.41, 5.74) is -0.0126. The molecule has 0 heterocycles. The topological polar surface area (TPSA) is 58.9 Å². The number of ether oxygens (including phenoxy) is 2. The molecule has 0 aliphatic heterocycles. The fourth-order valence-corrected chi connectivity index (χ4v) is 2.50. The molecule has 0 amide bonds. The fourth-order valence-electron chi connectivity index (χ4n) is 2.50. The van der Waals surface area contributed by atoms with Crippen LogP contribution >= 0.6 is 0 Å². The lowest BCUT2D eigenvalue weighted by Crippen LogP contribution is -2.32. The van der Waals surface area contributed by atoms with Crippen molar-refractivity contribution < 1.29 is 19.7 Å². The van der Waals surface area contributed by atoms with Crippen molar-refractivity contribution in [2.45, 2.75) is 44.3 Å². The van der Waals surface area contributed by atoms with Crippen LogP contribution < -0.4 is 9.47 Å². The molecule has 1 aliphatic carbocycles. The highest BCUT2D eigenvalue weighted by Gasteiger charge is 2.32. The summed E-state index contributed by atoms with van der Waals surface area (Å²) >= 11 is 0. The number of hydrogen-bond acceptors (Lipinski definition) is 4. The Hall–Kier alpha value is -1.26. The number of hydrogen-bond donors (Lipinski definition) is 2. The lowest BCUT2D eigenvalue weighted by atomic mass is 10.0. The Morgan fingerprint density at radius 2 is 2.00 bits per heavy atom. The van der Waals surface area contributed by atoms with Crippen LogP contribution in [0.3, 0.4) is 0 Å². The van der Waals surface area contributed by atoms with Crippen molar-refractivity contribution in [2.75, 3.05) is 13.7 Å². The van der Waals surface area contributed by atoms with Gasteiger partial charge < -0.3 is 19.7 Å². The molecule has 1 aromatic carbocycles. The van der Waals surface area contributed by atoms with Gasteiger partial charge in [-0.2, -0.15) is 0 Å². The summed E-state index contributed by atoms with van der Waals surface area (Å²) in [6.45, 7) is 1.96. The summed E-state index contributed by atoms with van der Waals surface area (Å²) in [6.07, 6.45) is 3.03. The van der Waals surface area contributed by atoms with E-state index in [2.05, 4.69) is 0 Å². The zero-order valence-corrected chi connectivity index (χ0v) is 11.6. The molecule has 1 unspecified atom stereocenters. The number of benzene rings is 1. The summed E-state index contributed by atoms with van der Waals surface area (Å²) in [5, 5.41) is 20.0. The van der Waals surface area contributed by atoms with Crippen molar-refractivity contribution in [3.63, 3.8) is 0 Å². The van der Waals surface area contributed by atoms with Gasteiger partial charge in [-0.05, 0) is 31.9 Å². The van der Waals surface area contributed by atoms with Crippen LogP contribution in [0.25, 0.3) is 0 Å². The van der Waals surface area contributed by atoms with Crippen molar-refractivity contribution in [2.24, 2.45) is 0 Å². The molecular weight excluding hydrogens is 244 g/mol. The summed E-state index contributed by atoms with van der Waals surface area (Å²) < 4.78 is 10.9. The molecule has 1 aromatic rings. The van der Waals surface area contributed by atoms with Gasteiger partial charge in [0.25, 0.3) is 0 Å². The van der Waals surface area contributed by atoms with Gasteiger partial charge in [0.1, 0.15) is 18.1 Å². The second-order valence-corrected chi connectivity index (χ2v) is 5.30. The zero-order chi connectivity index (χ0) is 13.9. The number of rotatable bonds is 5. The first-order valence-electron chi connectivity index (χ1n) is 6.75. The Morgan fingerprint density at radius 1 is 1.32 bits per heavy atom. The van der Waals surface area contributed by atoms with Gasteiger partial charge in [0.15, 0.2) is 0 Å². The quantitative estimate of drug-likeness (QED) is 0.859. The van der Waals surface area contributed by atoms with Gasteiger partial charge >= 0.3 is 0 Å². The highest BCUT2D eigenvalue weighted by atomic mass is 16.5. The lowest BCUT2D eigenvalue weighted by Gasteiger charge is -2.24. The molecule has 0 saturated heterocycles. The first-order valence-corrected chi connectivity index (χ1v) is 6.75. The molecule has 1 saturated carbocycles. The van der Waals surface area contributed by atoms with Crippen LogP contribution in [-0.4, -0.2) is 29.5 Å². The fraction of sp³-hybridized carbons (Fsp3) is 0.600. The molecule has 1 atom stereocenters. The Bertz CT molecular complexity index is 422. The van der Waals surface area contributed by atoms with E-state index in [9.17, 15) is 10.2 Å². The van der Waals surface area contributed by atoms with Gasteiger partial charge in [-0.3, -0.25) is 0 Å². The smallest absolute Gasteiger partial charge is 0.128 e. The zero-order valence-electron chi connectivity index (χ0n) is 11.6. The number of aliphatic hydroxyl groups is 2. The van der Waals surface area contributed by atoms with E-state index in [1.54, 1.807) is 32.2 Å². The largest absolute Gasteiger partial charge is 0.497 e. The summed E-state index contributed by atoms with van der Waals surface area (Å²) in [4.78, 5) is 0. The maximum atomic E-state index is 10.3. The molecule has 2 N–H and O–H groups in total. The van der Waals surface area contributed by atoms with E-state index in [1.807, 2.05) is 0 Å². The molecule has 2 rings (SSSR count). The lowest BCUT2D eigenvalue weighted by molar-refractivity contribution is 0.000409. The molecule has 0 bridgehead atoms. The van der Waals surface area contributed by atoms with Gasteiger partial charge in [0.2, 0.25) is 0 Å². The molecule has 0 radical (unpaired) electrons. The monoisotopic (exact) mass is 266 g/mol. The van der Waals surface area contributed by atoms with E-state index in [0.717, 1.165) is 25.7 Å². The van der Waals surface area contributed by atoms with Crippen LogP contribution in [0.15, 0.2) is 18.2 Å². The third-order valence-corrected chi connectivity index (χ3v) is 3.70. The Morgan fingerprint density at radius 3 is 2.58 bits per heavy atom. The van der Waals surface area contributed by atoms with Crippen LogP contribution in [0.2, 0.25) is 0 Å². The number of methoxy groups -OCH3 is 1. The van der Waals surface area contributed by atoms with Gasteiger partial charge in [-0.15, -0.1) is 0 Å². The Balaban J connectivity index is 2.13. The molecular formula is C15H22O4. The Kier molecular flexibility index (Phi) is 4.32. The second kappa shape index (κ2) is 5.80. The average molecular weight is 266 g/mol. The predicted octanol–water partition coefficient (Wildman–Crippen LogP) is 2.43. The summed E-state index contributed by atoms with van der Waals surface area (Å²) in [7, 11) is 1.59. The van der Waals surface area contributed by atoms with Crippen molar-refractivity contribution in [1.82, 2.24) is 0 Å². The van der Waals surface area contributed by atoms with E-state index in [-0.39, 0.29) is 6.61 Å². The highest BCUT2D eigenvalue weighted by Crippen LogP contribution is 2.33. The van der Waals surface area contributed by atoms with Crippen molar-refractivity contribution in [1.29, 1.82) is 0 Å². The predicted molar refractivity (Wildman–Crippen MR) is 72.5 cm³/mol. The number of aliphatic hydroxyl groups excluding tert-OH is 1. The molecule has 1 aliphatic rings. The van der Waals surface area contributed by atoms with Crippen LogP contribution in [0.1, 0.15) is 44.3 Å². The SMILES string of the molecule is COc1ccc(C(C)O)c(OCC2(O)CCCC2)c1. The van der Waals surface area contributed by atoms with Crippen LogP contribution in [0.4, 0.5) is 0 Å². The second-order valence-electron chi connectivity index (χ2n) is 5.30. The standard InChI is InChI=1S/C15H22O4/c1-11(16)13-6-5-12(18-2)9-14(13)19-10-15(17)7-3-4-8-15/h5-6,9,11,16-17H,3-4,7-8,10H2,1-2H3. The van der Waals surface area contributed by atoms with E-state index < -0.39 is 11.7 Å². The van der Waals surface area contributed by atoms with Crippen molar-refractivity contribution in [3.8, 4) is 11.5 Å². The minimum absolute atomic E-state index is 0.264. The third-order valence-electron chi connectivity index (χ3n) is 3.70. The molecule has 0 aromatic heterocycles. The average Bonchev–Trinajstić information content (AvgIpc) is 2.83. The van der Waals surface area contributed by atoms with Crippen molar-refractivity contribution in [3.05, 3.63) is 23.8 Å². The maximum Gasteiger partial charge on any atom is 0.128 e. The van der Waals surface area contributed by atoms with Gasteiger partial charge in [-0.1, -0.05) is 12.8 Å². The maximum absolute atomic E-state index is 10.3. The third kappa shape index (κ3) is 3.39. The van der Waals surface area contributed by atoms with Gasteiger partial charge in [0, 0.05) is 11.6 Å². The highest BCUT2D eigenvalue weighted by molar-refractivity contribution is 5.41. The molecule has 0 spiro atoms. The van der Waals surface area contributed by atoms with Gasteiger partial charge in [0.05, 0.1) is 18.8 Å². The molecule has 106 valence electrons. The molecule has 19 heavy (non-hydrogen) atoms. The van der Waals surface area contributed by atoms with E-state index in [1.165, 1.54) is 0 Å². The first-order chi connectivity index (χ1) is 9.04. The molecule has 4 heteroatoms.